The Kier molecular flexibility index (Phi) is 7.47. The molecule has 0 heterocycles. The molecule has 0 aromatic carbocycles. The summed E-state index contributed by atoms with van der Waals surface area (Å²) in [5.74, 6) is -4.21. The van der Waals surface area contributed by atoms with E-state index in [-0.39, 0.29) is 0 Å². The van der Waals surface area contributed by atoms with Crippen molar-refractivity contribution in [1.82, 2.24) is 0 Å². The summed E-state index contributed by atoms with van der Waals surface area (Å²) in [6.45, 7) is -1.87. The largest absolute Gasteiger partial charge is 0.437 e. The average Bonchev–Trinajstić information content (AvgIpc) is 2.35. The third-order valence-electron chi connectivity index (χ3n) is 1.52. The third kappa shape index (κ3) is 5.42. The minimum Gasteiger partial charge on any atom is -0.437 e. The van der Waals surface area contributed by atoms with E-state index in [4.69, 9.17) is 20.4 Å². The van der Waals surface area contributed by atoms with Crippen molar-refractivity contribution in [2.75, 3.05) is 13.2 Å². The van der Waals surface area contributed by atoms with Gasteiger partial charge in [0.05, 0.1) is 13.2 Å². The summed E-state index contributed by atoms with van der Waals surface area (Å²) < 4.78 is 8.22. The van der Waals surface area contributed by atoms with Gasteiger partial charge in [-0.3, -0.25) is 0 Å². The first kappa shape index (κ1) is 16.8. The molecule has 3 atom stereocenters. The summed E-state index contributed by atoms with van der Waals surface area (Å²) in [5, 5.41) is 34.4. The van der Waals surface area contributed by atoms with E-state index in [1.54, 1.807) is 0 Å². The molecule has 0 aromatic rings. The second-order valence-corrected chi connectivity index (χ2v) is 3.40. The lowest BCUT2D eigenvalue weighted by atomic mass is 10.4. The normalized spacial score (nSPS) is 15.4. The van der Waals surface area contributed by atoms with Gasteiger partial charge in [0.1, 0.15) is 0 Å². The molecule has 0 aliphatic heterocycles. The molecule has 4 N–H and O–H groups in total. The standard InChI is InChI=1S/C8H12O9S/c9-1-3(11)5(13)16-7(15)8(18)17-6(14)4(12)2-10/h3-4,8-12,18H,1-2H2. The van der Waals surface area contributed by atoms with Gasteiger partial charge in [-0.05, 0) is 0 Å². The maximum Gasteiger partial charge on any atom is 0.365 e. The molecule has 0 spiro atoms. The summed E-state index contributed by atoms with van der Waals surface area (Å²) in [4.78, 5) is 32.8. The van der Waals surface area contributed by atoms with Gasteiger partial charge in [0.25, 0.3) is 0 Å². The molecule has 9 nitrogen and oxygen atoms in total. The molecule has 0 aliphatic carbocycles. The molecule has 0 saturated heterocycles. The number of carbonyl (C=O) groups is 3. The van der Waals surface area contributed by atoms with Crippen LogP contribution in [0.5, 0.6) is 0 Å². The first-order valence-electron chi connectivity index (χ1n) is 4.55. The van der Waals surface area contributed by atoms with Crippen molar-refractivity contribution >= 4 is 30.5 Å². The Labute approximate surface area is 106 Å². The smallest absolute Gasteiger partial charge is 0.365 e. The predicted octanol–water partition coefficient (Wildman–Crippen LogP) is -3.44. The van der Waals surface area contributed by atoms with Gasteiger partial charge >= 0.3 is 17.9 Å². The van der Waals surface area contributed by atoms with Crippen molar-refractivity contribution in [3.8, 4) is 0 Å². The van der Waals surface area contributed by atoms with Crippen LogP contribution in [0.15, 0.2) is 0 Å². The molecule has 0 amide bonds. The summed E-state index contributed by atoms with van der Waals surface area (Å²) >= 11 is 3.46. The number of ether oxygens (including phenoxy) is 2. The predicted molar refractivity (Wildman–Crippen MR) is 56.2 cm³/mol. The van der Waals surface area contributed by atoms with Crippen molar-refractivity contribution in [2.45, 2.75) is 17.6 Å². The first-order chi connectivity index (χ1) is 8.33. The van der Waals surface area contributed by atoms with Gasteiger partial charge < -0.3 is 29.9 Å². The van der Waals surface area contributed by atoms with E-state index in [9.17, 15) is 14.4 Å². The Morgan fingerprint density at radius 1 is 0.944 bits per heavy atom. The number of esters is 3. The fraction of sp³-hybridized carbons (Fsp3) is 0.625. The summed E-state index contributed by atoms with van der Waals surface area (Å²) in [6.07, 6.45) is -3.76. The van der Waals surface area contributed by atoms with E-state index < -0.39 is 48.8 Å². The lowest BCUT2D eigenvalue weighted by Crippen LogP contribution is -2.36. The van der Waals surface area contributed by atoms with Crippen LogP contribution in [0.3, 0.4) is 0 Å². The highest BCUT2D eigenvalue weighted by Gasteiger charge is 2.28. The fourth-order valence-electron chi connectivity index (χ4n) is 0.603. The van der Waals surface area contributed by atoms with E-state index >= 15 is 0 Å². The molecule has 3 unspecified atom stereocenters. The number of carbonyl (C=O) groups excluding carboxylic acids is 3. The summed E-state index contributed by atoms with van der Waals surface area (Å²) in [5.41, 5.74) is -1.83. The molecule has 0 fully saturated rings. The van der Waals surface area contributed by atoms with E-state index in [1.165, 1.54) is 0 Å². The van der Waals surface area contributed by atoms with Crippen LogP contribution in [0.2, 0.25) is 0 Å². The van der Waals surface area contributed by atoms with Crippen LogP contribution in [0.4, 0.5) is 0 Å². The van der Waals surface area contributed by atoms with Gasteiger partial charge in [0.2, 0.25) is 5.44 Å². The van der Waals surface area contributed by atoms with Gasteiger partial charge in [0.15, 0.2) is 12.2 Å². The number of thiol groups is 1. The Morgan fingerprint density at radius 3 is 1.83 bits per heavy atom. The van der Waals surface area contributed by atoms with Crippen molar-refractivity contribution in [1.29, 1.82) is 0 Å². The van der Waals surface area contributed by atoms with E-state index in [2.05, 4.69) is 22.1 Å². The van der Waals surface area contributed by atoms with Crippen LogP contribution in [0.1, 0.15) is 0 Å². The van der Waals surface area contributed by atoms with Crippen LogP contribution in [-0.4, -0.2) is 69.2 Å². The van der Waals surface area contributed by atoms with E-state index in [1.807, 2.05) is 0 Å². The van der Waals surface area contributed by atoms with Crippen molar-refractivity contribution in [2.24, 2.45) is 0 Å². The number of aliphatic hydroxyl groups excluding tert-OH is 4. The third-order valence-corrected chi connectivity index (χ3v) is 1.84. The molecular weight excluding hydrogens is 272 g/mol. The molecule has 0 aliphatic rings. The second kappa shape index (κ2) is 8.00. The Morgan fingerprint density at radius 2 is 1.39 bits per heavy atom. The second-order valence-electron chi connectivity index (χ2n) is 2.93. The molecule has 0 aromatic heterocycles. The van der Waals surface area contributed by atoms with Gasteiger partial charge in [-0.1, -0.05) is 0 Å². The van der Waals surface area contributed by atoms with Gasteiger partial charge in [-0.15, -0.1) is 12.6 Å². The molecule has 18 heavy (non-hydrogen) atoms. The zero-order valence-corrected chi connectivity index (χ0v) is 9.82. The Bertz CT molecular complexity index is 318. The number of rotatable bonds is 6. The fourth-order valence-corrected chi connectivity index (χ4v) is 0.760. The topological polar surface area (TPSA) is 151 Å². The van der Waals surface area contributed by atoms with Crippen LogP contribution in [0, 0.1) is 0 Å². The monoisotopic (exact) mass is 284 g/mol. The minimum atomic E-state index is -1.91. The molecule has 104 valence electrons. The summed E-state index contributed by atoms with van der Waals surface area (Å²) in [6, 6.07) is 0. The number of hydrogen-bond donors (Lipinski definition) is 5. The summed E-state index contributed by atoms with van der Waals surface area (Å²) in [7, 11) is 0. The van der Waals surface area contributed by atoms with Crippen LogP contribution >= 0.6 is 12.6 Å². The first-order valence-corrected chi connectivity index (χ1v) is 5.07. The molecule has 0 saturated carbocycles. The van der Waals surface area contributed by atoms with Crippen LogP contribution in [-0.2, 0) is 23.9 Å². The molecule has 0 radical (unpaired) electrons. The Balaban J connectivity index is 4.27. The SMILES string of the molecule is O=C(OC(=O)C(S)OC(=O)C(O)CO)C(O)CO. The Hall–Kier alpha value is -1.20. The average molecular weight is 284 g/mol. The lowest BCUT2D eigenvalue weighted by molar-refractivity contribution is -0.176. The van der Waals surface area contributed by atoms with Crippen molar-refractivity contribution in [3.63, 3.8) is 0 Å². The maximum absolute atomic E-state index is 11.1. The highest BCUT2D eigenvalue weighted by atomic mass is 32.1. The number of aliphatic hydroxyl groups is 4. The zero-order chi connectivity index (χ0) is 14.3. The molecule has 0 bridgehead atoms. The molecular formula is C8H12O9S. The molecule has 0 rings (SSSR count). The van der Waals surface area contributed by atoms with E-state index in [0.717, 1.165) is 0 Å². The number of hydrogen-bond acceptors (Lipinski definition) is 10. The molecule has 10 heteroatoms. The van der Waals surface area contributed by atoms with Crippen LogP contribution < -0.4 is 0 Å². The van der Waals surface area contributed by atoms with Gasteiger partial charge in [-0.2, -0.15) is 0 Å². The minimum absolute atomic E-state index is 0.920. The quantitative estimate of drug-likeness (QED) is 0.145. The lowest BCUT2D eigenvalue weighted by Gasteiger charge is -2.13. The van der Waals surface area contributed by atoms with Crippen LogP contribution in [0.25, 0.3) is 0 Å². The van der Waals surface area contributed by atoms with Gasteiger partial charge in [-0.25, -0.2) is 14.4 Å². The van der Waals surface area contributed by atoms with Gasteiger partial charge in [0, 0.05) is 0 Å². The zero-order valence-electron chi connectivity index (χ0n) is 8.92. The van der Waals surface area contributed by atoms with E-state index in [0.29, 0.717) is 0 Å². The highest BCUT2D eigenvalue weighted by Crippen LogP contribution is 2.04. The van der Waals surface area contributed by atoms with Crippen molar-refractivity contribution < 1.29 is 44.3 Å². The maximum atomic E-state index is 11.1. The highest BCUT2D eigenvalue weighted by molar-refractivity contribution is 7.81. The van der Waals surface area contributed by atoms with Crippen molar-refractivity contribution in [3.05, 3.63) is 0 Å².